The van der Waals surface area contributed by atoms with E-state index in [-0.39, 0.29) is 46.2 Å². The van der Waals surface area contributed by atoms with Crippen molar-refractivity contribution in [1.82, 2.24) is 20.0 Å². The van der Waals surface area contributed by atoms with Gasteiger partial charge in [-0.2, -0.15) is 0 Å². The number of ether oxygens (including phenoxy) is 1. The lowest BCUT2D eigenvalue weighted by atomic mass is 9.88. The van der Waals surface area contributed by atoms with Crippen LogP contribution in [0.1, 0.15) is 70.9 Å². The lowest BCUT2D eigenvalue weighted by Gasteiger charge is -2.37. The van der Waals surface area contributed by atoms with Crippen LogP contribution in [0.25, 0.3) is 16.3 Å². The molecule has 6 rings (SSSR count). The molecule has 4 aliphatic rings. The van der Waals surface area contributed by atoms with Crippen molar-refractivity contribution in [2.75, 3.05) is 46.8 Å². The number of rotatable bonds is 9. The molecule has 3 heterocycles. The molecule has 1 amide bonds. The van der Waals surface area contributed by atoms with E-state index in [1.807, 2.05) is 26.8 Å². The molecule has 3 N–H and O–H groups in total. The number of nitrogens with one attached hydrogen (secondary N) is 2. The van der Waals surface area contributed by atoms with Crippen LogP contribution in [0.3, 0.4) is 0 Å². The number of hydrogen-bond donors (Lipinski definition) is 3. The smallest absolute Gasteiger partial charge is 0.271 e. The third-order valence-corrected chi connectivity index (χ3v) is 11.5. The Morgan fingerprint density at radius 3 is 2.53 bits per heavy atom. The van der Waals surface area contributed by atoms with E-state index < -0.39 is 11.6 Å². The monoisotopic (exact) mass is 726 g/mol. The fourth-order valence-electron chi connectivity index (χ4n) is 8.59. The number of allylic oxidation sites excluding steroid dienone is 6. The Bertz CT molecular complexity index is 2000. The van der Waals surface area contributed by atoms with Crippen LogP contribution in [0.4, 0.5) is 8.78 Å². The van der Waals surface area contributed by atoms with Crippen molar-refractivity contribution in [3.05, 3.63) is 94.2 Å². The summed E-state index contributed by atoms with van der Waals surface area (Å²) in [6.45, 7) is 15.5. The summed E-state index contributed by atoms with van der Waals surface area (Å²) in [4.78, 5) is 23.5. The molecule has 2 aromatic rings. The predicted octanol–water partition coefficient (Wildman–Crippen LogP) is 7.39. The highest BCUT2D eigenvalue weighted by Crippen LogP contribution is 2.43. The zero-order chi connectivity index (χ0) is 38.2. The molecule has 9 nitrogen and oxygen atoms in total. The third-order valence-electron chi connectivity index (χ3n) is 11.5. The minimum Gasteiger partial charge on any atom is -0.508 e. The van der Waals surface area contributed by atoms with Gasteiger partial charge in [0.2, 0.25) is 5.88 Å². The Morgan fingerprint density at radius 1 is 1.13 bits per heavy atom. The number of carbonyl (C=O) groups excluding carboxylic acids is 1. The van der Waals surface area contributed by atoms with E-state index >= 15 is 8.78 Å². The molecule has 2 aromatic carbocycles. The number of phenols is 1. The molecule has 1 atom stereocenters. The van der Waals surface area contributed by atoms with Crippen molar-refractivity contribution in [1.29, 1.82) is 5.41 Å². The van der Waals surface area contributed by atoms with Crippen LogP contribution in [-0.2, 0) is 16.0 Å². The predicted molar refractivity (Wildman–Crippen MR) is 208 cm³/mol. The maximum Gasteiger partial charge on any atom is 0.271 e. The normalized spacial score (nSPS) is 22.0. The number of carbonyl (C=O) groups is 1. The van der Waals surface area contributed by atoms with E-state index in [0.29, 0.717) is 59.1 Å². The van der Waals surface area contributed by atoms with Crippen LogP contribution >= 0.6 is 0 Å². The van der Waals surface area contributed by atoms with Gasteiger partial charge in [-0.3, -0.25) is 15.1 Å². The van der Waals surface area contributed by atoms with Crippen molar-refractivity contribution in [3.8, 4) is 5.75 Å². The number of hydrogen-bond acceptors (Lipinski definition) is 8. The maximum atomic E-state index is 17.4. The van der Waals surface area contributed by atoms with Crippen LogP contribution in [-0.4, -0.2) is 95.6 Å². The van der Waals surface area contributed by atoms with Gasteiger partial charge in [0.25, 0.3) is 5.91 Å². The van der Waals surface area contributed by atoms with E-state index in [0.717, 1.165) is 56.6 Å². The van der Waals surface area contributed by atoms with E-state index in [4.69, 9.17) is 15.1 Å². The van der Waals surface area contributed by atoms with Crippen molar-refractivity contribution < 1.29 is 23.4 Å². The Kier molecular flexibility index (Phi) is 11.0. The zero-order valence-corrected chi connectivity index (χ0v) is 31.8. The lowest BCUT2D eigenvalue weighted by Crippen LogP contribution is -2.48. The number of amides is 1. The topological polar surface area (TPSA) is 104 Å². The van der Waals surface area contributed by atoms with Gasteiger partial charge in [-0.25, -0.2) is 13.8 Å². The maximum absolute atomic E-state index is 17.4. The minimum atomic E-state index is -0.641. The molecular formula is C42H52F2N6O3. The molecule has 0 saturated carbocycles. The number of aryl methyl sites for hydroxylation is 1. The molecule has 1 aliphatic carbocycles. The summed E-state index contributed by atoms with van der Waals surface area (Å²) in [5, 5.41) is 23.9. The molecule has 1 unspecified atom stereocenters. The largest absolute Gasteiger partial charge is 0.508 e. The molecule has 3 fully saturated rings. The highest BCUT2D eigenvalue weighted by Gasteiger charge is 2.49. The number of benzene rings is 2. The molecule has 11 heteroatoms. The first-order valence-corrected chi connectivity index (χ1v) is 18.7. The van der Waals surface area contributed by atoms with Crippen molar-refractivity contribution >= 4 is 33.7 Å². The summed E-state index contributed by atoms with van der Waals surface area (Å²) in [7, 11) is 3.25. The van der Waals surface area contributed by atoms with Gasteiger partial charge in [0.1, 0.15) is 29.1 Å². The van der Waals surface area contributed by atoms with Crippen LogP contribution in [0.15, 0.2) is 82.2 Å². The van der Waals surface area contributed by atoms with Gasteiger partial charge in [0.05, 0.1) is 12.1 Å². The summed E-state index contributed by atoms with van der Waals surface area (Å²) >= 11 is 0. The van der Waals surface area contributed by atoms with E-state index in [2.05, 4.69) is 21.7 Å². The second-order valence-corrected chi connectivity index (χ2v) is 14.8. The van der Waals surface area contributed by atoms with Crippen molar-refractivity contribution in [3.63, 3.8) is 0 Å². The molecule has 282 valence electrons. The first-order valence-electron chi connectivity index (χ1n) is 18.7. The quantitative estimate of drug-likeness (QED) is 0.184. The third kappa shape index (κ3) is 7.15. The molecular weight excluding hydrogens is 674 g/mol. The molecule has 3 aliphatic heterocycles. The van der Waals surface area contributed by atoms with Crippen LogP contribution in [0, 0.1) is 11.2 Å². The van der Waals surface area contributed by atoms with E-state index in [1.165, 1.54) is 17.0 Å². The molecule has 3 saturated heterocycles. The molecule has 0 spiro atoms. The van der Waals surface area contributed by atoms with Crippen LogP contribution < -0.4 is 5.32 Å². The van der Waals surface area contributed by atoms with Gasteiger partial charge in [-0.15, -0.1) is 0 Å². The Balaban J connectivity index is 1.46. The average molecular weight is 727 g/mol. The fourth-order valence-corrected chi connectivity index (χ4v) is 8.59. The summed E-state index contributed by atoms with van der Waals surface area (Å²) in [5.41, 5.74) is 3.39. The van der Waals surface area contributed by atoms with E-state index in [1.54, 1.807) is 39.2 Å². The Labute approximate surface area is 311 Å². The first kappa shape index (κ1) is 38.0. The number of halogens is 2. The van der Waals surface area contributed by atoms with Gasteiger partial charge in [-0.05, 0) is 119 Å². The van der Waals surface area contributed by atoms with Gasteiger partial charge < -0.3 is 25.0 Å². The standard InChI is InChI=1S/C42H52F2N6O3/c1-8-31-35(43)15-12-29-22-30(51)23-34(37(29)31)33-14-13-32(26(3)49-19-11-18-46-36(24-49)25(2)39(45)41(52)48(6)7)40(38(33)44)47-28(5)53-27(4)42-16-9-20-50(42)21-10-17-42/h12-15,22-23,27,45-46,51H,5,8-11,16-21,24H2,1-4,6-7H3/b32-26+,36-25-,45-39?,47-40+. The lowest BCUT2D eigenvalue weighted by molar-refractivity contribution is -0.121. The number of phenolic OH excluding ortho intramolecular Hbond substituents is 1. The highest BCUT2D eigenvalue weighted by atomic mass is 19.1. The van der Waals surface area contributed by atoms with Gasteiger partial charge in [0, 0.05) is 55.3 Å². The Hall–Kier alpha value is -4.77. The van der Waals surface area contributed by atoms with E-state index in [9.17, 15) is 9.90 Å². The van der Waals surface area contributed by atoms with Gasteiger partial charge >= 0.3 is 0 Å². The number of aromatic hydroxyl groups is 1. The highest BCUT2D eigenvalue weighted by molar-refractivity contribution is 6.43. The van der Waals surface area contributed by atoms with Crippen LogP contribution in [0.2, 0.25) is 0 Å². The number of nitrogens with zero attached hydrogens (tertiary/aromatic N) is 4. The zero-order valence-electron chi connectivity index (χ0n) is 31.8. The molecule has 0 radical (unpaired) electrons. The van der Waals surface area contributed by atoms with Gasteiger partial charge in [-0.1, -0.05) is 25.1 Å². The molecule has 0 aromatic heterocycles. The van der Waals surface area contributed by atoms with Crippen molar-refractivity contribution in [2.45, 2.75) is 77.9 Å². The summed E-state index contributed by atoms with van der Waals surface area (Å²) in [5.74, 6) is -1.38. The summed E-state index contributed by atoms with van der Waals surface area (Å²) in [6, 6.07) is 6.01. The fraction of sp³-hybridized carbons (Fsp3) is 0.452. The Morgan fingerprint density at radius 2 is 1.85 bits per heavy atom. The SMILES string of the molecule is C=C(/N=C1/C(F)=C(c2cc(O)cc3ccc(F)c(CC)c23)C=C/C1=C(/C)N1CCCN/C(=C(/C)C(=N)C(=O)N(C)C)C1)OC(C)C12CCCN1CCC2. The van der Waals surface area contributed by atoms with Crippen molar-refractivity contribution in [2.24, 2.45) is 4.99 Å². The second-order valence-electron chi connectivity index (χ2n) is 14.8. The second kappa shape index (κ2) is 15.3. The summed E-state index contributed by atoms with van der Waals surface area (Å²) in [6.07, 6.45) is 8.67. The minimum absolute atomic E-state index is 0.0327. The van der Waals surface area contributed by atoms with Gasteiger partial charge in [0.15, 0.2) is 5.83 Å². The first-order chi connectivity index (χ1) is 25.3. The number of aliphatic imine (C=N–C) groups is 1. The van der Waals surface area contributed by atoms with Crippen LogP contribution in [0.5, 0.6) is 5.75 Å². The average Bonchev–Trinajstić information content (AvgIpc) is 3.64. The molecule has 53 heavy (non-hydrogen) atoms. The number of fused-ring (bicyclic) bond motifs is 2. The summed E-state index contributed by atoms with van der Waals surface area (Å²) < 4.78 is 39.0. The molecule has 0 bridgehead atoms.